The van der Waals surface area contributed by atoms with Gasteiger partial charge in [0, 0.05) is 19.5 Å². The van der Waals surface area contributed by atoms with Crippen molar-refractivity contribution in [2.75, 3.05) is 18.5 Å². The van der Waals surface area contributed by atoms with E-state index in [1.165, 1.54) is 6.92 Å². The van der Waals surface area contributed by atoms with Gasteiger partial charge in [0.1, 0.15) is 5.75 Å². The summed E-state index contributed by atoms with van der Waals surface area (Å²) in [6, 6.07) is 16.7. The zero-order valence-electron chi connectivity index (χ0n) is 17.2. The lowest BCUT2D eigenvalue weighted by Crippen LogP contribution is -2.33. The van der Waals surface area contributed by atoms with Crippen molar-refractivity contribution in [3.63, 3.8) is 0 Å². The maximum Gasteiger partial charge on any atom is 0.312 e. The molecule has 1 N–H and O–H groups in total. The summed E-state index contributed by atoms with van der Waals surface area (Å²) >= 11 is 0. The summed E-state index contributed by atoms with van der Waals surface area (Å²) in [5.41, 5.74) is 1.51. The van der Waals surface area contributed by atoms with Crippen molar-refractivity contribution in [2.45, 2.75) is 32.9 Å². The minimum Gasteiger partial charge on any atom is -0.492 e. The molecule has 158 valence electrons. The highest BCUT2D eigenvalue weighted by atomic mass is 16.5. The quantitative estimate of drug-likeness (QED) is 0.677. The van der Waals surface area contributed by atoms with Crippen LogP contribution in [0.15, 0.2) is 54.6 Å². The number of likely N-dealkylation sites (tertiary alicyclic amines) is 1. The van der Waals surface area contributed by atoms with Crippen LogP contribution in [0.25, 0.3) is 0 Å². The van der Waals surface area contributed by atoms with Crippen molar-refractivity contribution in [3.05, 3.63) is 60.2 Å². The molecule has 0 unspecified atom stereocenters. The molecule has 30 heavy (non-hydrogen) atoms. The summed E-state index contributed by atoms with van der Waals surface area (Å²) in [6.07, 6.45) is -0.904. The Morgan fingerprint density at radius 3 is 2.57 bits per heavy atom. The second-order valence-corrected chi connectivity index (χ2v) is 7.16. The second-order valence-electron chi connectivity index (χ2n) is 7.16. The van der Waals surface area contributed by atoms with Gasteiger partial charge in [-0.25, -0.2) is 0 Å². The van der Waals surface area contributed by atoms with Crippen LogP contribution in [-0.4, -0.2) is 41.9 Å². The Labute approximate surface area is 176 Å². The van der Waals surface area contributed by atoms with Crippen LogP contribution in [0.1, 0.15) is 25.8 Å². The fraction of sp³-hybridized carbons (Fsp3) is 0.348. The highest BCUT2D eigenvalue weighted by Crippen LogP contribution is 2.25. The van der Waals surface area contributed by atoms with Gasteiger partial charge in [0.25, 0.3) is 5.91 Å². The Hall–Kier alpha value is -3.35. The average Bonchev–Trinajstić information content (AvgIpc) is 3.11. The molecule has 2 atom stereocenters. The number of carbonyl (C=O) groups excluding carboxylic acids is 3. The third kappa shape index (κ3) is 5.37. The lowest BCUT2D eigenvalue weighted by molar-refractivity contribution is -0.157. The van der Waals surface area contributed by atoms with Gasteiger partial charge in [0.2, 0.25) is 5.91 Å². The number of hydrogen-bond donors (Lipinski definition) is 1. The van der Waals surface area contributed by atoms with E-state index >= 15 is 0 Å². The van der Waals surface area contributed by atoms with Crippen molar-refractivity contribution in [2.24, 2.45) is 5.92 Å². The molecule has 0 radical (unpaired) electrons. The summed E-state index contributed by atoms with van der Waals surface area (Å²) in [4.78, 5) is 38.9. The Bertz CT molecular complexity index is 899. The smallest absolute Gasteiger partial charge is 0.312 e. The van der Waals surface area contributed by atoms with Crippen LogP contribution < -0.4 is 10.1 Å². The van der Waals surface area contributed by atoms with Gasteiger partial charge < -0.3 is 19.7 Å². The third-order valence-electron chi connectivity index (χ3n) is 4.87. The molecule has 1 heterocycles. The molecular weight excluding hydrogens is 384 g/mol. The molecule has 0 bridgehead atoms. The first-order valence-electron chi connectivity index (χ1n) is 10.0. The highest BCUT2D eigenvalue weighted by molar-refractivity contribution is 5.96. The Morgan fingerprint density at radius 2 is 1.83 bits per heavy atom. The number of rotatable bonds is 8. The predicted octanol–water partition coefficient (Wildman–Crippen LogP) is 3.00. The lowest BCUT2D eigenvalue weighted by atomic mass is 10.1. The summed E-state index contributed by atoms with van der Waals surface area (Å²) in [7, 11) is 0. The number of esters is 1. The SMILES string of the molecule is CCOc1ccccc1NC(=O)[C@@H](C)OC(=O)[C@@H]1CC(=O)N(Cc2ccccc2)C1. The molecule has 1 fully saturated rings. The molecule has 0 aromatic heterocycles. The first-order chi connectivity index (χ1) is 14.5. The molecule has 0 saturated carbocycles. The number of anilines is 1. The summed E-state index contributed by atoms with van der Waals surface area (Å²) < 4.78 is 10.8. The van der Waals surface area contributed by atoms with Gasteiger partial charge in [-0.3, -0.25) is 14.4 Å². The number of nitrogens with zero attached hydrogens (tertiary/aromatic N) is 1. The molecule has 0 spiro atoms. The molecule has 7 nitrogen and oxygen atoms in total. The summed E-state index contributed by atoms with van der Waals surface area (Å²) in [6.45, 7) is 4.57. The summed E-state index contributed by atoms with van der Waals surface area (Å²) in [5.74, 6) is -1.12. The first-order valence-corrected chi connectivity index (χ1v) is 10.0. The van der Waals surface area contributed by atoms with Gasteiger partial charge in [-0.2, -0.15) is 0 Å². The van der Waals surface area contributed by atoms with Crippen molar-refractivity contribution in [1.29, 1.82) is 0 Å². The van der Waals surface area contributed by atoms with Gasteiger partial charge in [-0.05, 0) is 31.5 Å². The second kappa shape index (κ2) is 9.91. The monoisotopic (exact) mass is 410 g/mol. The number of benzene rings is 2. The van der Waals surface area contributed by atoms with E-state index in [2.05, 4.69) is 5.32 Å². The minimum absolute atomic E-state index is 0.0905. The maximum atomic E-state index is 12.5. The van der Waals surface area contributed by atoms with Gasteiger partial charge in [-0.15, -0.1) is 0 Å². The van der Waals surface area contributed by atoms with E-state index in [-0.39, 0.29) is 18.9 Å². The Kier molecular flexibility index (Phi) is 7.06. The molecule has 2 aromatic rings. The zero-order chi connectivity index (χ0) is 21.5. The van der Waals surface area contributed by atoms with Crippen LogP contribution in [0.4, 0.5) is 5.69 Å². The minimum atomic E-state index is -0.995. The van der Waals surface area contributed by atoms with E-state index < -0.39 is 23.9 Å². The van der Waals surface area contributed by atoms with Gasteiger partial charge in [0.15, 0.2) is 6.10 Å². The molecule has 1 saturated heterocycles. The molecule has 2 aromatic carbocycles. The van der Waals surface area contributed by atoms with Gasteiger partial charge >= 0.3 is 5.97 Å². The van der Waals surface area contributed by atoms with Crippen LogP contribution in [0.5, 0.6) is 5.75 Å². The van der Waals surface area contributed by atoms with E-state index in [9.17, 15) is 14.4 Å². The van der Waals surface area contributed by atoms with Gasteiger partial charge in [0.05, 0.1) is 18.2 Å². The number of amides is 2. The standard InChI is InChI=1S/C23H26N2O5/c1-3-29-20-12-8-7-11-19(20)24-22(27)16(2)30-23(28)18-13-21(26)25(15-18)14-17-9-5-4-6-10-17/h4-12,16,18H,3,13-15H2,1-2H3,(H,24,27)/t16-,18-/m1/s1. The van der Waals surface area contributed by atoms with Crippen LogP contribution >= 0.6 is 0 Å². The lowest BCUT2D eigenvalue weighted by Gasteiger charge is -2.18. The van der Waals surface area contributed by atoms with Crippen LogP contribution in [-0.2, 0) is 25.7 Å². The molecular formula is C23H26N2O5. The number of para-hydroxylation sites is 2. The Morgan fingerprint density at radius 1 is 1.13 bits per heavy atom. The third-order valence-corrected chi connectivity index (χ3v) is 4.87. The number of nitrogens with one attached hydrogen (secondary N) is 1. The fourth-order valence-electron chi connectivity index (χ4n) is 3.30. The molecule has 3 rings (SSSR count). The zero-order valence-corrected chi connectivity index (χ0v) is 17.2. The first kappa shape index (κ1) is 21.4. The molecule has 1 aliphatic heterocycles. The van der Waals surface area contributed by atoms with E-state index in [1.54, 1.807) is 23.1 Å². The predicted molar refractivity (Wildman–Crippen MR) is 112 cm³/mol. The van der Waals surface area contributed by atoms with Crippen LogP contribution in [0.2, 0.25) is 0 Å². The fourth-order valence-corrected chi connectivity index (χ4v) is 3.30. The Balaban J connectivity index is 1.54. The van der Waals surface area contributed by atoms with Crippen LogP contribution in [0.3, 0.4) is 0 Å². The highest BCUT2D eigenvalue weighted by Gasteiger charge is 2.36. The van der Waals surface area contributed by atoms with E-state index in [0.717, 1.165) is 5.56 Å². The van der Waals surface area contributed by atoms with E-state index in [0.29, 0.717) is 24.6 Å². The molecule has 0 aliphatic carbocycles. The average molecular weight is 410 g/mol. The number of carbonyl (C=O) groups is 3. The van der Waals surface area contributed by atoms with Crippen molar-refractivity contribution < 1.29 is 23.9 Å². The topological polar surface area (TPSA) is 84.9 Å². The van der Waals surface area contributed by atoms with Crippen LogP contribution in [0, 0.1) is 5.92 Å². The summed E-state index contributed by atoms with van der Waals surface area (Å²) in [5, 5.41) is 2.72. The van der Waals surface area contributed by atoms with E-state index in [1.807, 2.05) is 43.3 Å². The van der Waals surface area contributed by atoms with E-state index in [4.69, 9.17) is 9.47 Å². The van der Waals surface area contributed by atoms with Crippen molar-refractivity contribution in [3.8, 4) is 5.75 Å². The molecule has 7 heteroatoms. The maximum absolute atomic E-state index is 12.5. The normalized spacial score (nSPS) is 16.8. The van der Waals surface area contributed by atoms with Gasteiger partial charge in [-0.1, -0.05) is 42.5 Å². The molecule has 2 amide bonds. The largest absolute Gasteiger partial charge is 0.492 e. The number of ether oxygens (including phenoxy) is 2. The van der Waals surface area contributed by atoms with Crippen molar-refractivity contribution in [1.82, 2.24) is 4.90 Å². The molecule has 1 aliphatic rings. The van der Waals surface area contributed by atoms with Crippen molar-refractivity contribution >= 4 is 23.5 Å². The number of hydrogen-bond acceptors (Lipinski definition) is 5.